The van der Waals surface area contributed by atoms with Crippen LogP contribution in [0.3, 0.4) is 0 Å². The molecular formula is C12H17NO3. The second kappa shape index (κ2) is 4.68. The highest BCUT2D eigenvalue weighted by molar-refractivity contribution is 5.66. The van der Waals surface area contributed by atoms with Gasteiger partial charge in [-0.3, -0.25) is 4.79 Å². The molecule has 0 radical (unpaired) electrons. The molecule has 1 aliphatic rings. The first-order chi connectivity index (χ1) is 7.66. The van der Waals surface area contributed by atoms with Crippen LogP contribution >= 0.6 is 0 Å². The van der Waals surface area contributed by atoms with E-state index in [1.807, 2.05) is 6.92 Å². The number of aryl methyl sites for hydroxylation is 2. The Morgan fingerprint density at radius 1 is 1.50 bits per heavy atom. The summed E-state index contributed by atoms with van der Waals surface area (Å²) in [6.07, 6.45) is 5.35. The molecular weight excluding hydrogens is 206 g/mol. The van der Waals surface area contributed by atoms with E-state index in [-0.39, 0.29) is 6.42 Å². The third kappa shape index (κ3) is 2.43. The number of hydrogen-bond donors (Lipinski definition) is 1. The number of oxazole rings is 1. The van der Waals surface area contributed by atoms with Crippen molar-refractivity contribution in [2.45, 2.75) is 51.4 Å². The molecule has 4 nitrogen and oxygen atoms in total. The Balaban J connectivity index is 2.05. The molecule has 0 bridgehead atoms. The predicted molar refractivity (Wildman–Crippen MR) is 58.4 cm³/mol. The molecule has 2 rings (SSSR count). The maximum absolute atomic E-state index is 10.5. The molecule has 0 atom stereocenters. The SMILES string of the molecule is Cc1nc(CCC(=O)O)oc1C1CCCC1. The van der Waals surface area contributed by atoms with E-state index in [1.165, 1.54) is 25.7 Å². The lowest BCUT2D eigenvalue weighted by Gasteiger charge is -2.04. The lowest BCUT2D eigenvalue weighted by Crippen LogP contribution is -1.97. The number of carboxylic acids is 1. The van der Waals surface area contributed by atoms with Crippen LogP contribution in [0.25, 0.3) is 0 Å². The zero-order valence-corrected chi connectivity index (χ0v) is 9.53. The topological polar surface area (TPSA) is 63.3 Å². The van der Waals surface area contributed by atoms with Crippen LogP contribution in [0.5, 0.6) is 0 Å². The van der Waals surface area contributed by atoms with Crippen molar-refractivity contribution in [2.75, 3.05) is 0 Å². The van der Waals surface area contributed by atoms with Crippen molar-refractivity contribution >= 4 is 5.97 Å². The van der Waals surface area contributed by atoms with Crippen molar-refractivity contribution in [1.82, 2.24) is 4.98 Å². The fraction of sp³-hybridized carbons (Fsp3) is 0.667. The Morgan fingerprint density at radius 3 is 2.81 bits per heavy atom. The molecule has 1 N–H and O–H groups in total. The summed E-state index contributed by atoms with van der Waals surface area (Å²) >= 11 is 0. The van der Waals surface area contributed by atoms with Crippen LogP contribution in [-0.2, 0) is 11.2 Å². The summed E-state index contributed by atoms with van der Waals surface area (Å²) in [6, 6.07) is 0. The molecule has 0 amide bonds. The molecule has 0 spiro atoms. The van der Waals surface area contributed by atoms with Crippen LogP contribution < -0.4 is 0 Å². The van der Waals surface area contributed by atoms with Crippen molar-refractivity contribution in [3.05, 3.63) is 17.3 Å². The summed E-state index contributed by atoms with van der Waals surface area (Å²) < 4.78 is 5.67. The van der Waals surface area contributed by atoms with E-state index in [1.54, 1.807) is 0 Å². The first-order valence-corrected chi connectivity index (χ1v) is 5.85. The molecule has 88 valence electrons. The summed E-state index contributed by atoms with van der Waals surface area (Å²) in [5, 5.41) is 8.59. The average molecular weight is 223 g/mol. The van der Waals surface area contributed by atoms with Gasteiger partial charge in [-0.1, -0.05) is 12.8 Å². The van der Waals surface area contributed by atoms with E-state index in [4.69, 9.17) is 9.52 Å². The second-order valence-electron chi connectivity index (χ2n) is 4.43. The smallest absolute Gasteiger partial charge is 0.303 e. The highest BCUT2D eigenvalue weighted by Gasteiger charge is 2.23. The lowest BCUT2D eigenvalue weighted by molar-refractivity contribution is -0.137. The highest BCUT2D eigenvalue weighted by Crippen LogP contribution is 2.36. The van der Waals surface area contributed by atoms with Crippen LogP contribution in [-0.4, -0.2) is 16.1 Å². The molecule has 1 aliphatic carbocycles. The minimum atomic E-state index is -0.807. The van der Waals surface area contributed by atoms with Crippen LogP contribution in [0.15, 0.2) is 4.42 Å². The second-order valence-corrected chi connectivity index (χ2v) is 4.43. The van der Waals surface area contributed by atoms with Gasteiger partial charge in [-0.05, 0) is 19.8 Å². The van der Waals surface area contributed by atoms with Crippen molar-refractivity contribution in [3.8, 4) is 0 Å². The fourth-order valence-corrected chi connectivity index (χ4v) is 2.35. The number of carboxylic acid groups (broad SMARTS) is 1. The van der Waals surface area contributed by atoms with Gasteiger partial charge in [0, 0.05) is 12.3 Å². The molecule has 0 saturated heterocycles. The lowest BCUT2D eigenvalue weighted by atomic mass is 10.0. The monoisotopic (exact) mass is 223 g/mol. The molecule has 0 unspecified atom stereocenters. The molecule has 0 aromatic carbocycles. The Hall–Kier alpha value is -1.32. The van der Waals surface area contributed by atoms with E-state index in [0.717, 1.165) is 11.5 Å². The standard InChI is InChI=1S/C12H17NO3/c1-8-12(9-4-2-3-5-9)16-10(13-8)6-7-11(14)15/h9H,2-7H2,1H3,(H,14,15). The summed E-state index contributed by atoms with van der Waals surface area (Å²) in [7, 11) is 0. The number of rotatable bonds is 4. The number of hydrogen-bond acceptors (Lipinski definition) is 3. The normalized spacial score (nSPS) is 16.8. The Kier molecular flexibility index (Phi) is 3.27. The molecule has 0 aliphatic heterocycles. The van der Waals surface area contributed by atoms with Gasteiger partial charge in [0.15, 0.2) is 5.89 Å². The third-order valence-electron chi connectivity index (χ3n) is 3.16. The van der Waals surface area contributed by atoms with Gasteiger partial charge in [0.2, 0.25) is 0 Å². The maximum Gasteiger partial charge on any atom is 0.303 e. The minimum Gasteiger partial charge on any atom is -0.481 e. The van der Waals surface area contributed by atoms with Gasteiger partial charge in [-0.2, -0.15) is 0 Å². The number of aromatic nitrogens is 1. The predicted octanol–water partition coefficient (Wildman–Crippen LogP) is 2.66. The van der Waals surface area contributed by atoms with Gasteiger partial charge < -0.3 is 9.52 Å². The first kappa shape index (κ1) is 11.2. The minimum absolute atomic E-state index is 0.0874. The van der Waals surface area contributed by atoms with Gasteiger partial charge >= 0.3 is 5.97 Å². The van der Waals surface area contributed by atoms with Gasteiger partial charge in [0.1, 0.15) is 5.76 Å². The first-order valence-electron chi connectivity index (χ1n) is 5.85. The summed E-state index contributed by atoms with van der Waals surface area (Å²) in [5.74, 6) is 1.25. The molecule has 1 saturated carbocycles. The highest BCUT2D eigenvalue weighted by atomic mass is 16.4. The van der Waals surface area contributed by atoms with Crippen LogP contribution in [0, 0.1) is 6.92 Å². The van der Waals surface area contributed by atoms with Crippen molar-refractivity contribution in [1.29, 1.82) is 0 Å². The van der Waals surface area contributed by atoms with Gasteiger partial charge in [0.25, 0.3) is 0 Å². The molecule has 1 aromatic rings. The van der Waals surface area contributed by atoms with E-state index in [0.29, 0.717) is 18.2 Å². The van der Waals surface area contributed by atoms with E-state index in [9.17, 15) is 4.79 Å². The number of carbonyl (C=O) groups is 1. The van der Waals surface area contributed by atoms with Crippen molar-refractivity contribution < 1.29 is 14.3 Å². The van der Waals surface area contributed by atoms with Crippen molar-refractivity contribution in [2.24, 2.45) is 0 Å². The fourth-order valence-electron chi connectivity index (χ4n) is 2.35. The maximum atomic E-state index is 10.5. The quantitative estimate of drug-likeness (QED) is 0.852. The average Bonchev–Trinajstić information content (AvgIpc) is 2.83. The van der Waals surface area contributed by atoms with E-state index < -0.39 is 5.97 Å². The van der Waals surface area contributed by atoms with E-state index in [2.05, 4.69) is 4.98 Å². The van der Waals surface area contributed by atoms with Gasteiger partial charge in [-0.15, -0.1) is 0 Å². The molecule has 1 aromatic heterocycles. The molecule has 16 heavy (non-hydrogen) atoms. The largest absolute Gasteiger partial charge is 0.481 e. The Labute approximate surface area is 94.7 Å². The Morgan fingerprint density at radius 2 is 2.19 bits per heavy atom. The Bertz CT molecular complexity index is 378. The molecule has 4 heteroatoms. The molecule has 1 heterocycles. The van der Waals surface area contributed by atoms with Crippen molar-refractivity contribution in [3.63, 3.8) is 0 Å². The van der Waals surface area contributed by atoms with E-state index >= 15 is 0 Å². The van der Waals surface area contributed by atoms with Crippen LogP contribution in [0.2, 0.25) is 0 Å². The van der Waals surface area contributed by atoms with Crippen LogP contribution in [0.4, 0.5) is 0 Å². The van der Waals surface area contributed by atoms with Crippen LogP contribution in [0.1, 0.15) is 55.4 Å². The third-order valence-corrected chi connectivity index (χ3v) is 3.16. The summed E-state index contributed by atoms with van der Waals surface area (Å²) in [5.41, 5.74) is 0.937. The molecule has 1 fully saturated rings. The number of aliphatic carboxylic acids is 1. The summed E-state index contributed by atoms with van der Waals surface area (Å²) in [4.78, 5) is 14.7. The van der Waals surface area contributed by atoms with Gasteiger partial charge in [0.05, 0.1) is 12.1 Å². The summed E-state index contributed by atoms with van der Waals surface area (Å²) in [6.45, 7) is 1.95. The van der Waals surface area contributed by atoms with Gasteiger partial charge in [-0.25, -0.2) is 4.98 Å². The zero-order valence-electron chi connectivity index (χ0n) is 9.53. The zero-order chi connectivity index (χ0) is 11.5. The number of nitrogens with zero attached hydrogens (tertiary/aromatic N) is 1.